The van der Waals surface area contributed by atoms with Gasteiger partial charge in [0.2, 0.25) is 0 Å². The van der Waals surface area contributed by atoms with Crippen LogP contribution < -0.4 is 0 Å². The fraction of sp³-hybridized carbons (Fsp3) is 0.250. The zero-order valence-electron chi connectivity index (χ0n) is 10.2. The van der Waals surface area contributed by atoms with Crippen LogP contribution in [-0.4, -0.2) is 23.3 Å². The van der Waals surface area contributed by atoms with Crippen molar-refractivity contribution in [2.45, 2.75) is 13.8 Å². The Morgan fingerprint density at radius 3 is 2.74 bits per heavy atom. The maximum absolute atomic E-state index is 11.8. The smallest absolute Gasteiger partial charge is 0.358 e. The number of aromatic nitrogens is 1. The van der Waals surface area contributed by atoms with E-state index >= 15 is 0 Å². The van der Waals surface area contributed by atoms with Crippen LogP contribution in [0.1, 0.15) is 34.0 Å². The Labute approximate surface area is 126 Å². The van der Waals surface area contributed by atoms with E-state index in [0.717, 1.165) is 9.35 Å². The van der Waals surface area contributed by atoms with Crippen molar-refractivity contribution in [1.82, 2.24) is 4.98 Å². The molecule has 7 heteroatoms. The molecule has 100 valence electrons. The number of halogens is 1. The molecule has 0 spiro atoms. The summed E-state index contributed by atoms with van der Waals surface area (Å²) >= 11 is 6.08. The van der Waals surface area contributed by atoms with Gasteiger partial charge in [0.25, 0.3) is 0 Å². The number of carbonyl (C=O) groups is 2. The summed E-state index contributed by atoms with van der Waals surface area (Å²) in [7, 11) is 0. The summed E-state index contributed by atoms with van der Waals surface area (Å²) in [6.07, 6.45) is 0. The summed E-state index contributed by atoms with van der Waals surface area (Å²) in [4.78, 5) is 28.9. The van der Waals surface area contributed by atoms with Crippen molar-refractivity contribution in [3.05, 3.63) is 26.5 Å². The molecule has 0 N–H and O–H groups in total. The molecule has 0 saturated carbocycles. The van der Waals surface area contributed by atoms with E-state index in [4.69, 9.17) is 4.74 Å². The first-order chi connectivity index (χ1) is 9.02. The highest BCUT2D eigenvalue weighted by Crippen LogP contribution is 2.34. The van der Waals surface area contributed by atoms with Crippen molar-refractivity contribution in [1.29, 1.82) is 0 Å². The van der Waals surface area contributed by atoms with Gasteiger partial charge in [-0.25, -0.2) is 9.78 Å². The second kappa shape index (κ2) is 5.94. The molecule has 0 aromatic carbocycles. The Bertz CT molecular complexity index is 633. The van der Waals surface area contributed by atoms with Gasteiger partial charge in [-0.2, -0.15) is 0 Å². The van der Waals surface area contributed by atoms with Gasteiger partial charge < -0.3 is 4.74 Å². The van der Waals surface area contributed by atoms with Crippen LogP contribution in [0.5, 0.6) is 0 Å². The third-order valence-corrected chi connectivity index (χ3v) is 5.21. The van der Waals surface area contributed by atoms with Crippen molar-refractivity contribution in [2.24, 2.45) is 0 Å². The highest BCUT2D eigenvalue weighted by atomic mass is 79.9. The molecular weight excluding hydrogens is 350 g/mol. The first-order valence-corrected chi connectivity index (χ1v) is 7.95. The average molecular weight is 360 g/mol. The topological polar surface area (TPSA) is 56.3 Å². The third kappa shape index (κ3) is 3.10. The van der Waals surface area contributed by atoms with Gasteiger partial charge in [-0.3, -0.25) is 4.79 Å². The molecule has 2 aromatic rings. The van der Waals surface area contributed by atoms with E-state index in [9.17, 15) is 9.59 Å². The number of thiazole rings is 1. The Balaban J connectivity index is 2.46. The van der Waals surface area contributed by atoms with E-state index in [-0.39, 0.29) is 18.1 Å². The lowest BCUT2D eigenvalue weighted by molar-refractivity contribution is 0.0517. The minimum atomic E-state index is -0.550. The van der Waals surface area contributed by atoms with Crippen LogP contribution in [0.25, 0.3) is 9.88 Å². The van der Waals surface area contributed by atoms with Crippen LogP contribution >= 0.6 is 38.6 Å². The summed E-state index contributed by atoms with van der Waals surface area (Å²) < 4.78 is 5.87. The average Bonchev–Trinajstić information content (AvgIpc) is 2.94. The van der Waals surface area contributed by atoms with Crippen LogP contribution in [0.15, 0.2) is 15.9 Å². The second-order valence-corrected chi connectivity index (χ2v) is 6.43. The number of ether oxygens (including phenoxy) is 1. The fourth-order valence-electron chi connectivity index (χ4n) is 1.43. The number of Topliss-reactive ketones (excluding diaryl/α,β-unsaturated/α-hetero) is 1. The number of hydrogen-bond acceptors (Lipinski definition) is 6. The van der Waals surface area contributed by atoms with Gasteiger partial charge in [0, 0.05) is 16.8 Å². The molecule has 0 unspecified atom stereocenters. The van der Waals surface area contributed by atoms with E-state index in [2.05, 4.69) is 20.9 Å². The predicted octanol–water partition coefficient (Wildman–Crippen LogP) is 4.01. The summed E-state index contributed by atoms with van der Waals surface area (Å²) in [5.41, 5.74) is 0.110. The quantitative estimate of drug-likeness (QED) is 0.611. The predicted molar refractivity (Wildman–Crippen MR) is 79.1 cm³/mol. The van der Waals surface area contributed by atoms with Gasteiger partial charge in [-0.1, -0.05) is 0 Å². The molecule has 0 aliphatic rings. The molecule has 0 fully saturated rings. The number of carbonyl (C=O) groups excluding carboxylic acids is 2. The number of rotatable bonds is 4. The molecule has 2 heterocycles. The summed E-state index contributed by atoms with van der Waals surface area (Å²) in [5.74, 6) is -0.728. The molecule has 0 amide bonds. The van der Waals surface area contributed by atoms with Gasteiger partial charge in [-0.15, -0.1) is 22.7 Å². The SMILES string of the molecule is CCOC(=O)c1nc(-c2cc(Br)cs2)sc1C(C)=O. The molecule has 0 bridgehead atoms. The highest BCUT2D eigenvalue weighted by molar-refractivity contribution is 9.10. The molecule has 0 aliphatic carbocycles. The van der Waals surface area contributed by atoms with Crippen LogP contribution in [0, 0.1) is 0 Å². The van der Waals surface area contributed by atoms with E-state index in [0.29, 0.717) is 9.88 Å². The largest absolute Gasteiger partial charge is 0.461 e. The van der Waals surface area contributed by atoms with E-state index in [1.165, 1.54) is 29.6 Å². The fourth-order valence-corrected chi connectivity index (χ4v) is 3.87. The summed E-state index contributed by atoms with van der Waals surface area (Å²) in [5, 5.41) is 2.58. The number of hydrogen-bond donors (Lipinski definition) is 0. The monoisotopic (exact) mass is 359 g/mol. The van der Waals surface area contributed by atoms with Crippen LogP contribution in [-0.2, 0) is 4.74 Å². The lowest BCUT2D eigenvalue weighted by Crippen LogP contribution is -2.09. The summed E-state index contributed by atoms with van der Waals surface area (Å²) in [6.45, 7) is 3.40. The van der Waals surface area contributed by atoms with E-state index < -0.39 is 5.97 Å². The lowest BCUT2D eigenvalue weighted by atomic mass is 10.3. The molecule has 0 radical (unpaired) electrons. The minimum Gasteiger partial charge on any atom is -0.461 e. The van der Waals surface area contributed by atoms with Gasteiger partial charge in [-0.05, 0) is 28.9 Å². The molecule has 2 rings (SSSR count). The Hall–Kier alpha value is -1.05. The zero-order valence-corrected chi connectivity index (χ0v) is 13.4. The van der Waals surface area contributed by atoms with E-state index in [1.54, 1.807) is 6.92 Å². The molecule has 0 atom stereocenters. The second-order valence-electron chi connectivity index (χ2n) is 3.60. The molecule has 4 nitrogen and oxygen atoms in total. The number of ketones is 1. The van der Waals surface area contributed by atoms with Gasteiger partial charge in [0.1, 0.15) is 9.88 Å². The standard InChI is InChI=1S/C12H10BrNO3S2/c1-3-17-12(16)9-10(6(2)15)19-11(14-9)8-4-7(13)5-18-8/h4-5H,3H2,1-2H3. The maximum Gasteiger partial charge on any atom is 0.358 e. The maximum atomic E-state index is 11.8. The highest BCUT2D eigenvalue weighted by Gasteiger charge is 2.23. The van der Waals surface area contributed by atoms with Crippen molar-refractivity contribution in [3.8, 4) is 9.88 Å². The van der Waals surface area contributed by atoms with Gasteiger partial charge in [0.15, 0.2) is 11.5 Å². The van der Waals surface area contributed by atoms with Gasteiger partial charge in [0.05, 0.1) is 11.5 Å². The first-order valence-electron chi connectivity index (χ1n) is 5.46. The first kappa shape index (κ1) is 14.4. The van der Waals surface area contributed by atoms with Crippen molar-refractivity contribution in [3.63, 3.8) is 0 Å². The molecule has 2 aromatic heterocycles. The molecule has 19 heavy (non-hydrogen) atoms. The Kier molecular flexibility index (Phi) is 4.49. The van der Waals surface area contributed by atoms with Crippen LogP contribution in [0.2, 0.25) is 0 Å². The van der Waals surface area contributed by atoms with Gasteiger partial charge >= 0.3 is 5.97 Å². The van der Waals surface area contributed by atoms with Crippen molar-refractivity contribution >= 4 is 50.4 Å². The normalized spacial score (nSPS) is 10.5. The summed E-state index contributed by atoms with van der Waals surface area (Å²) in [6, 6.07) is 1.91. The third-order valence-electron chi connectivity index (χ3n) is 2.19. The van der Waals surface area contributed by atoms with Crippen molar-refractivity contribution < 1.29 is 14.3 Å². The number of esters is 1. The lowest BCUT2D eigenvalue weighted by Gasteiger charge is -1.98. The zero-order chi connectivity index (χ0) is 14.0. The number of thiophene rings is 1. The van der Waals surface area contributed by atoms with E-state index in [1.807, 2.05) is 11.4 Å². The van der Waals surface area contributed by atoms with Crippen LogP contribution in [0.4, 0.5) is 0 Å². The molecule has 0 aliphatic heterocycles. The van der Waals surface area contributed by atoms with Crippen LogP contribution in [0.3, 0.4) is 0 Å². The van der Waals surface area contributed by atoms with Crippen molar-refractivity contribution in [2.75, 3.05) is 6.61 Å². The minimum absolute atomic E-state index is 0.110. The Morgan fingerprint density at radius 1 is 1.47 bits per heavy atom. The molecule has 0 saturated heterocycles. The Morgan fingerprint density at radius 2 is 2.21 bits per heavy atom. The number of nitrogens with zero attached hydrogens (tertiary/aromatic N) is 1. The molecular formula is C12H10BrNO3S2.